The maximum Gasteiger partial charge on any atom is 0.283 e. The molecule has 0 spiro atoms. The number of hydrogen-bond acceptors (Lipinski definition) is 5. The first-order valence-corrected chi connectivity index (χ1v) is 13.4. The molecule has 38 heavy (non-hydrogen) atoms. The highest BCUT2D eigenvalue weighted by molar-refractivity contribution is 7.08. The number of benzene rings is 3. The van der Waals surface area contributed by atoms with Gasteiger partial charge in [0, 0.05) is 17.3 Å². The zero-order valence-electron chi connectivity index (χ0n) is 20.8. The molecule has 6 rings (SSSR count). The van der Waals surface area contributed by atoms with Crippen molar-refractivity contribution in [2.75, 3.05) is 16.5 Å². The molecule has 0 aliphatic carbocycles. The Kier molecular flexibility index (Phi) is 6.10. The molecule has 188 valence electrons. The Morgan fingerprint density at radius 2 is 1.58 bits per heavy atom. The lowest BCUT2D eigenvalue weighted by molar-refractivity contribution is -0.112. The topological polar surface area (TPSA) is 57.9 Å². The number of carbonyl (C=O) groups is 1. The second-order valence-electron chi connectivity index (χ2n) is 8.89. The van der Waals surface area contributed by atoms with Crippen molar-refractivity contribution < 1.29 is 4.79 Å². The van der Waals surface area contributed by atoms with Gasteiger partial charge >= 0.3 is 0 Å². The molecule has 3 aromatic carbocycles. The van der Waals surface area contributed by atoms with Crippen LogP contribution < -0.4 is 24.7 Å². The number of nitrogens with zero attached hydrogens (tertiary/aromatic N) is 4. The molecule has 0 radical (unpaired) electrons. The molecule has 0 unspecified atom stereocenters. The van der Waals surface area contributed by atoms with Gasteiger partial charge in [0.25, 0.3) is 11.5 Å². The number of thiazole rings is 1. The largest absolute Gasteiger partial charge is 0.340 e. The molecule has 6 nitrogen and oxygen atoms in total. The van der Waals surface area contributed by atoms with Gasteiger partial charge in [0.15, 0.2) is 0 Å². The van der Waals surface area contributed by atoms with E-state index >= 15 is 0 Å². The van der Waals surface area contributed by atoms with Crippen LogP contribution in [0.1, 0.15) is 19.4 Å². The van der Waals surface area contributed by atoms with E-state index in [1.165, 1.54) is 16.3 Å². The first-order chi connectivity index (χ1) is 18.5. The lowest BCUT2D eigenvalue weighted by atomic mass is 10.1. The molecule has 2 aliphatic rings. The second kappa shape index (κ2) is 9.59. The predicted molar refractivity (Wildman–Crippen MR) is 157 cm³/mol. The van der Waals surface area contributed by atoms with Crippen molar-refractivity contribution in [2.45, 2.75) is 13.8 Å². The SMILES string of the molecule is CCN1/C(=c2/s/c(=C3/C(=O)N(c4ccc(Cl)cc4)N=C3C)n(-c3ccccc3)c2=O)C=Cc2ccccc21. The zero-order valence-corrected chi connectivity index (χ0v) is 22.3. The number of para-hydroxylation sites is 2. The van der Waals surface area contributed by atoms with E-state index in [4.69, 9.17) is 11.6 Å². The van der Waals surface area contributed by atoms with Crippen LogP contribution in [-0.4, -0.2) is 22.7 Å². The first-order valence-electron chi connectivity index (χ1n) is 12.2. The molecule has 3 heterocycles. The summed E-state index contributed by atoms with van der Waals surface area (Å²) in [4.78, 5) is 30.0. The fraction of sp³-hybridized carbons (Fsp3) is 0.100. The van der Waals surface area contributed by atoms with Gasteiger partial charge in [-0.25, -0.2) is 0 Å². The summed E-state index contributed by atoms with van der Waals surface area (Å²) in [5.74, 6) is -0.288. The number of anilines is 2. The van der Waals surface area contributed by atoms with E-state index in [1.807, 2.05) is 54.6 Å². The number of hydrogen-bond donors (Lipinski definition) is 0. The summed E-state index contributed by atoms with van der Waals surface area (Å²) in [6, 6.07) is 24.5. The van der Waals surface area contributed by atoms with Crippen LogP contribution in [-0.2, 0) is 4.79 Å². The molecule has 2 aliphatic heterocycles. The minimum atomic E-state index is -0.288. The van der Waals surface area contributed by atoms with E-state index in [0.717, 1.165) is 16.9 Å². The van der Waals surface area contributed by atoms with Crippen molar-refractivity contribution in [2.24, 2.45) is 5.10 Å². The number of carbonyl (C=O) groups excluding carboxylic acids is 1. The van der Waals surface area contributed by atoms with Crippen LogP contribution in [0.2, 0.25) is 5.02 Å². The molecule has 1 amide bonds. The average Bonchev–Trinajstić information content (AvgIpc) is 3.43. The Labute approximate surface area is 228 Å². The van der Waals surface area contributed by atoms with Gasteiger partial charge < -0.3 is 4.90 Å². The fourth-order valence-electron chi connectivity index (χ4n) is 4.83. The third kappa shape index (κ3) is 3.91. The molecule has 4 aromatic rings. The van der Waals surface area contributed by atoms with E-state index in [0.29, 0.717) is 43.4 Å². The fourth-order valence-corrected chi connectivity index (χ4v) is 6.22. The summed E-state index contributed by atoms with van der Waals surface area (Å²) in [6.07, 6.45) is 4.02. The number of aromatic nitrogens is 1. The molecule has 0 saturated heterocycles. The molecular formula is C30H23ClN4O2S. The number of hydrazone groups is 1. The molecular weight excluding hydrogens is 516 g/mol. The monoisotopic (exact) mass is 538 g/mol. The highest BCUT2D eigenvalue weighted by atomic mass is 35.5. The van der Waals surface area contributed by atoms with Crippen molar-refractivity contribution in [3.63, 3.8) is 0 Å². The number of rotatable bonds is 3. The van der Waals surface area contributed by atoms with Gasteiger partial charge in [0.05, 0.1) is 28.4 Å². The van der Waals surface area contributed by atoms with Gasteiger partial charge in [-0.05, 0) is 68.0 Å². The Morgan fingerprint density at radius 1 is 0.868 bits per heavy atom. The van der Waals surface area contributed by atoms with Crippen LogP contribution in [0.4, 0.5) is 11.4 Å². The van der Waals surface area contributed by atoms with Crippen LogP contribution in [0.3, 0.4) is 0 Å². The smallest absolute Gasteiger partial charge is 0.283 e. The lowest BCUT2D eigenvalue weighted by Gasteiger charge is -2.28. The standard InChI is InChI=1S/C30H23ClN4O2S/c1-3-33-24-12-8-7-9-20(24)13-18-25(33)27-29(37)34(22-10-5-4-6-11-22)30(38-27)26-19(2)32-35(28(26)36)23-16-14-21(31)15-17-23/h4-18H,3H2,1-2H3/b27-25+,30-26+. The normalized spacial score (nSPS) is 17.7. The molecule has 8 heteroatoms. The molecule has 0 N–H and O–H groups in total. The summed E-state index contributed by atoms with van der Waals surface area (Å²) < 4.78 is 2.75. The summed E-state index contributed by atoms with van der Waals surface area (Å²) in [5.41, 5.74) is 5.03. The van der Waals surface area contributed by atoms with Crippen molar-refractivity contribution >= 4 is 63.3 Å². The summed E-state index contributed by atoms with van der Waals surface area (Å²) in [7, 11) is 0. The van der Waals surface area contributed by atoms with Gasteiger partial charge in [-0.2, -0.15) is 10.1 Å². The Hall–Kier alpha value is -4.20. The molecule has 0 atom stereocenters. The van der Waals surface area contributed by atoms with Gasteiger partial charge in [-0.15, -0.1) is 11.3 Å². The summed E-state index contributed by atoms with van der Waals surface area (Å²) >= 11 is 7.37. The Morgan fingerprint density at radius 3 is 2.32 bits per heavy atom. The first kappa shape index (κ1) is 24.2. The molecule has 0 bridgehead atoms. The Balaban J connectivity index is 1.65. The van der Waals surface area contributed by atoms with Gasteiger partial charge in [-0.3, -0.25) is 14.2 Å². The van der Waals surface area contributed by atoms with Crippen LogP contribution in [0.15, 0.2) is 94.8 Å². The molecule has 0 fully saturated rings. The number of likely N-dealkylation sites (N-methyl/N-ethyl adjacent to an activating group) is 1. The van der Waals surface area contributed by atoms with Crippen molar-refractivity contribution in [1.29, 1.82) is 0 Å². The van der Waals surface area contributed by atoms with E-state index in [9.17, 15) is 9.59 Å². The average molecular weight is 539 g/mol. The third-order valence-electron chi connectivity index (χ3n) is 6.60. The number of amides is 1. The summed E-state index contributed by atoms with van der Waals surface area (Å²) in [6.45, 7) is 4.55. The minimum Gasteiger partial charge on any atom is -0.340 e. The van der Waals surface area contributed by atoms with E-state index in [2.05, 4.69) is 29.1 Å². The maximum absolute atomic E-state index is 14.1. The highest BCUT2D eigenvalue weighted by Gasteiger charge is 2.32. The quantitative estimate of drug-likeness (QED) is 0.377. The van der Waals surface area contributed by atoms with Crippen molar-refractivity contribution in [3.8, 4) is 5.69 Å². The number of fused-ring (bicyclic) bond motifs is 1. The predicted octanol–water partition coefficient (Wildman–Crippen LogP) is 4.79. The van der Waals surface area contributed by atoms with E-state index in [1.54, 1.807) is 35.8 Å². The zero-order chi connectivity index (χ0) is 26.4. The molecule has 0 saturated carbocycles. The molecule has 1 aromatic heterocycles. The van der Waals surface area contributed by atoms with Crippen LogP contribution in [0, 0.1) is 0 Å². The maximum atomic E-state index is 14.1. The van der Waals surface area contributed by atoms with Crippen molar-refractivity contribution in [3.05, 3.63) is 115 Å². The van der Waals surface area contributed by atoms with E-state index < -0.39 is 0 Å². The summed E-state index contributed by atoms with van der Waals surface area (Å²) in [5, 5.41) is 6.49. The van der Waals surface area contributed by atoms with Gasteiger partial charge in [0.1, 0.15) is 9.20 Å². The third-order valence-corrected chi connectivity index (χ3v) is 8.02. The van der Waals surface area contributed by atoms with Crippen molar-refractivity contribution in [1.82, 2.24) is 4.57 Å². The van der Waals surface area contributed by atoms with Gasteiger partial charge in [-0.1, -0.05) is 54.1 Å². The van der Waals surface area contributed by atoms with Crippen LogP contribution in [0.25, 0.3) is 23.0 Å². The van der Waals surface area contributed by atoms with Crippen LogP contribution >= 0.6 is 22.9 Å². The minimum absolute atomic E-state index is 0.174. The Bertz CT molecular complexity index is 1820. The second-order valence-corrected chi connectivity index (χ2v) is 10.3. The van der Waals surface area contributed by atoms with Gasteiger partial charge in [0.2, 0.25) is 0 Å². The van der Waals surface area contributed by atoms with E-state index in [-0.39, 0.29) is 11.5 Å². The van der Waals surface area contributed by atoms with Crippen LogP contribution in [0.5, 0.6) is 0 Å². The highest BCUT2D eigenvalue weighted by Crippen LogP contribution is 2.30. The lowest BCUT2D eigenvalue weighted by Crippen LogP contribution is -2.36. The number of halogens is 1.